The number of H-pyrrole nitrogens is 1. The highest BCUT2D eigenvalue weighted by Crippen LogP contribution is 2.07. The lowest BCUT2D eigenvalue weighted by molar-refractivity contribution is -0.142. The van der Waals surface area contributed by atoms with E-state index in [1.165, 1.54) is 6.08 Å². The molecule has 0 spiro atoms. The molecule has 104 valence electrons. The molecule has 0 unspecified atom stereocenters. The van der Waals surface area contributed by atoms with Crippen molar-refractivity contribution in [2.75, 3.05) is 6.61 Å². The van der Waals surface area contributed by atoms with Gasteiger partial charge in [0.25, 0.3) is 5.56 Å². The van der Waals surface area contributed by atoms with E-state index < -0.39 is 0 Å². The number of carbonyl (C=O) groups is 1. The lowest BCUT2D eigenvalue weighted by atomic mass is 10.2. The van der Waals surface area contributed by atoms with E-state index in [2.05, 4.69) is 16.5 Å². The van der Waals surface area contributed by atoms with Gasteiger partial charge in [0.1, 0.15) is 12.4 Å². The monoisotopic (exact) mass is 272 g/mol. The molecular formula is C15H16N2O3. The predicted octanol–water partition coefficient (Wildman–Crippen LogP) is 1.97. The fourth-order valence-electron chi connectivity index (χ4n) is 1.88. The molecule has 5 heteroatoms. The van der Waals surface area contributed by atoms with Crippen molar-refractivity contribution in [2.45, 2.75) is 19.3 Å². The van der Waals surface area contributed by atoms with Crippen molar-refractivity contribution in [3.8, 4) is 0 Å². The molecule has 0 saturated carbocycles. The number of rotatable bonds is 6. The van der Waals surface area contributed by atoms with E-state index in [9.17, 15) is 9.59 Å². The molecule has 1 aromatic carbocycles. The molecule has 0 saturated heterocycles. The fourth-order valence-corrected chi connectivity index (χ4v) is 1.88. The maximum absolute atomic E-state index is 11.8. The van der Waals surface area contributed by atoms with Crippen LogP contribution in [-0.4, -0.2) is 22.5 Å². The molecule has 5 nitrogen and oxygen atoms in total. The molecule has 1 N–H and O–H groups in total. The van der Waals surface area contributed by atoms with Crippen molar-refractivity contribution < 1.29 is 9.53 Å². The number of aryl methyl sites for hydroxylation is 1. The SMILES string of the molecule is C=CCOC(=O)CCCc1nc2ccccc2c(=O)[nH]1. The molecule has 2 aromatic rings. The Morgan fingerprint density at radius 2 is 2.20 bits per heavy atom. The number of hydrogen-bond donors (Lipinski definition) is 1. The number of carbonyl (C=O) groups excluding carboxylic acids is 1. The Morgan fingerprint density at radius 3 is 3.00 bits per heavy atom. The summed E-state index contributed by atoms with van der Waals surface area (Å²) in [5.41, 5.74) is 0.514. The van der Waals surface area contributed by atoms with Gasteiger partial charge in [-0.15, -0.1) is 0 Å². The minimum Gasteiger partial charge on any atom is -0.461 e. The maximum Gasteiger partial charge on any atom is 0.306 e. The quantitative estimate of drug-likeness (QED) is 0.644. The first-order valence-corrected chi connectivity index (χ1v) is 6.45. The van der Waals surface area contributed by atoms with Crippen molar-refractivity contribution >= 4 is 16.9 Å². The van der Waals surface area contributed by atoms with Crippen molar-refractivity contribution in [1.29, 1.82) is 0 Å². The van der Waals surface area contributed by atoms with Crippen LogP contribution in [0.5, 0.6) is 0 Å². The molecule has 20 heavy (non-hydrogen) atoms. The second-order valence-electron chi connectivity index (χ2n) is 4.36. The molecule has 0 aliphatic carbocycles. The van der Waals surface area contributed by atoms with Gasteiger partial charge in [-0.2, -0.15) is 0 Å². The van der Waals surface area contributed by atoms with Crippen LogP contribution >= 0.6 is 0 Å². The lowest BCUT2D eigenvalue weighted by Gasteiger charge is -2.03. The van der Waals surface area contributed by atoms with E-state index in [-0.39, 0.29) is 18.1 Å². The van der Waals surface area contributed by atoms with Crippen LogP contribution < -0.4 is 5.56 Å². The molecule has 1 aromatic heterocycles. The number of hydrogen-bond acceptors (Lipinski definition) is 4. The molecule has 0 aliphatic rings. The molecule has 0 amide bonds. The normalized spacial score (nSPS) is 10.4. The van der Waals surface area contributed by atoms with E-state index in [1.54, 1.807) is 18.2 Å². The highest BCUT2D eigenvalue weighted by molar-refractivity contribution is 5.77. The van der Waals surface area contributed by atoms with Crippen molar-refractivity contribution in [1.82, 2.24) is 9.97 Å². The Morgan fingerprint density at radius 1 is 1.40 bits per heavy atom. The first-order valence-electron chi connectivity index (χ1n) is 6.45. The third-order valence-electron chi connectivity index (χ3n) is 2.82. The number of benzene rings is 1. The van der Waals surface area contributed by atoms with Crippen LogP contribution in [-0.2, 0) is 16.0 Å². The largest absolute Gasteiger partial charge is 0.461 e. The zero-order valence-corrected chi connectivity index (χ0v) is 11.1. The average molecular weight is 272 g/mol. The van der Waals surface area contributed by atoms with Crippen LogP contribution in [0.2, 0.25) is 0 Å². The Labute approximate surface area is 116 Å². The topological polar surface area (TPSA) is 72.0 Å². The van der Waals surface area contributed by atoms with Gasteiger partial charge < -0.3 is 9.72 Å². The Balaban J connectivity index is 1.98. The highest BCUT2D eigenvalue weighted by Gasteiger charge is 2.05. The van der Waals surface area contributed by atoms with Crippen molar-refractivity contribution in [3.05, 3.63) is 53.1 Å². The molecule has 0 fully saturated rings. The van der Waals surface area contributed by atoms with Crippen LogP contribution in [0.25, 0.3) is 10.9 Å². The number of esters is 1. The van der Waals surface area contributed by atoms with Crippen LogP contribution in [0, 0.1) is 0 Å². The van der Waals surface area contributed by atoms with Gasteiger partial charge in [0, 0.05) is 12.8 Å². The second kappa shape index (κ2) is 6.65. The van der Waals surface area contributed by atoms with E-state index in [4.69, 9.17) is 4.74 Å². The van der Waals surface area contributed by atoms with Crippen LogP contribution in [0.15, 0.2) is 41.7 Å². The van der Waals surface area contributed by atoms with Crippen molar-refractivity contribution in [2.24, 2.45) is 0 Å². The lowest BCUT2D eigenvalue weighted by Crippen LogP contribution is -2.12. The van der Waals surface area contributed by atoms with E-state index in [0.29, 0.717) is 36.0 Å². The summed E-state index contributed by atoms with van der Waals surface area (Å²) >= 11 is 0. The van der Waals surface area contributed by atoms with Crippen LogP contribution in [0.3, 0.4) is 0 Å². The fraction of sp³-hybridized carbons (Fsp3) is 0.267. The first-order chi connectivity index (χ1) is 9.70. The zero-order valence-electron chi connectivity index (χ0n) is 11.1. The van der Waals surface area contributed by atoms with Gasteiger partial charge in [0.15, 0.2) is 0 Å². The highest BCUT2D eigenvalue weighted by atomic mass is 16.5. The third kappa shape index (κ3) is 3.54. The second-order valence-corrected chi connectivity index (χ2v) is 4.36. The molecule has 2 rings (SSSR count). The Bertz CT molecular complexity index is 676. The summed E-state index contributed by atoms with van der Waals surface area (Å²) in [5.74, 6) is 0.318. The summed E-state index contributed by atoms with van der Waals surface area (Å²) in [6, 6.07) is 7.17. The molecule has 0 atom stereocenters. The smallest absolute Gasteiger partial charge is 0.306 e. The number of ether oxygens (including phenoxy) is 1. The number of aromatic nitrogens is 2. The summed E-state index contributed by atoms with van der Waals surface area (Å²) < 4.78 is 4.87. The average Bonchev–Trinajstić information content (AvgIpc) is 2.45. The predicted molar refractivity (Wildman–Crippen MR) is 76.5 cm³/mol. The Kier molecular flexibility index (Phi) is 4.65. The summed E-state index contributed by atoms with van der Waals surface area (Å²) in [7, 11) is 0. The van der Waals surface area contributed by atoms with Crippen LogP contribution in [0.4, 0.5) is 0 Å². The first kappa shape index (κ1) is 14.0. The third-order valence-corrected chi connectivity index (χ3v) is 2.82. The van der Waals surface area contributed by atoms with E-state index in [1.807, 2.05) is 6.07 Å². The minimum atomic E-state index is -0.270. The summed E-state index contributed by atoms with van der Waals surface area (Å²) in [5, 5.41) is 0.571. The number of nitrogens with zero attached hydrogens (tertiary/aromatic N) is 1. The summed E-state index contributed by atoms with van der Waals surface area (Å²) in [4.78, 5) is 30.3. The molecule has 0 aliphatic heterocycles. The van der Waals surface area contributed by atoms with Gasteiger partial charge in [0.2, 0.25) is 0 Å². The van der Waals surface area contributed by atoms with Gasteiger partial charge in [0.05, 0.1) is 10.9 Å². The molecule has 0 radical (unpaired) electrons. The van der Waals surface area contributed by atoms with Gasteiger partial charge in [-0.05, 0) is 18.6 Å². The molecule has 1 heterocycles. The number of para-hydroxylation sites is 1. The van der Waals surface area contributed by atoms with Gasteiger partial charge in [-0.1, -0.05) is 24.8 Å². The van der Waals surface area contributed by atoms with Crippen LogP contribution in [0.1, 0.15) is 18.7 Å². The number of fused-ring (bicyclic) bond motifs is 1. The maximum atomic E-state index is 11.8. The minimum absolute atomic E-state index is 0.153. The van der Waals surface area contributed by atoms with Crippen molar-refractivity contribution in [3.63, 3.8) is 0 Å². The summed E-state index contributed by atoms with van der Waals surface area (Å²) in [6.07, 6.45) is 2.94. The standard InChI is InChI=1S/C15H16N2O3/c1-2-10-20-14(18)9-5-8-13-16-12-7-4-3-6-11(12)15(19)17-13/h2-4,6-7H,1,5,8-10H2,(H,16,17,19). The van der Waals surface area contributed by atoms with E-state index in [0.717, 1.165) is 0 Å². The Hall–Kier alpha value is -2.43. The number of aromatic amines is 1. The van der Waals surface area contributed by atoms with E-state index >= 15 is 0 Å². The number of nitrogens with one attached hydrogen (secondary N) is 1. The summed E-state index contributed by atoms with van der Waals surface area (Å²) in [6.45, 7) is 3.70. The van der Waals surface area contributed by atoms with Gasteiger partial charge in [-0.25, -0.2) is 4.98 Å². The molecule has 0 bridgehead atoms. The van der Waals surface area contributed by atoms with Gasteiger partial charge in [-0.3, -0.25) is 9.59 Å². The van der Waals surface area contributed by atoms with Gasteiger partial charge >= 0.3 is 5.97 Å². The molecular weight excluding hydrogens is 256 g/mol. The zero-order chi connectivity index (χ0) is 14.4.